The van der Waals surface area contributed by atoms with Gasteiger partial charge in [0.1, 0.15) is 0 Å². The number of nitrogens with zero attached hydrogens (tertiary/aromatic N) is 1. The first kappa shape index (κ1) is 18.4. The van der Waals surface area contributed by atoms with Crippen LogP contribution in [0.1, 0.15) is 64.0 Å². The number of hydrogen-bond donors (Lipinski definition) is 1. The van der Waals surface area contributed by atoms with E-state index >= 15 is 0 Å². The van der Waals surface area contributed by atoms with Gasteiger partial charge >= 0.3 is 5.97 Å². The van der Waals surface area contributed by atoms with Crippen LogP contribution in [0.3, 0.4) is 0 Å². The number of pyridine rings is 1. The molecule has 1 aliphatic carbocycles. The van der Waals surface area contributed by atoms with Gasteiger partial charge in [-0.3, -0.25) is 9.78 Å². The van der Waals surface area contributed by atoms with Crippen LogP contribution in [0.2, 0.25) is 0 Å². The first-order valence-electron chi connectivity index (χ1n) is 9.45. The lowest BCUT2D eigenvalue weighted by Crippen LogP contribution is -2.34. The molecule has 1 aromatic rings. The first-order valence-corrected chi connectivity index (χ1v) is 9.45. The minimum absolute atomic E-state index is 0.0955. The van der Waals surface area contributed by atoms with Crippen LogP contribution >= 0.6 is 0 Å². The number of rotatable bonds is 6. The Kier molecular flexibility index (Phi) is 5.86. The highest BCUT2D eigenvalue weighted by Crippen LogP contribution is 2.41. The molecule has 0 radical (unpaired) electrons. The molecule has 1 atom stereocenters. The van der Waals surface area contributed by atoms with E-state index in [1.165, 1.54) is 0 Å². The van der Waals surface area contributed by atoms with E-state index in [1.807, 2.05) is 25.1 Å². The molecule has 3 rings (SSSR count). The Balaban J connectivity index is 1.95. The van der Waals surface area contributed by atoms with Gasteiger partial charge in [-0.15, -0.1) is 0 Å². The third kappa shape index (κ3) is 3.71. The molecular weight excluding hydrogens is 328 g/mol. The van der Waals surface area contributed by atoms with Crippen molar-refractivity contribution in [3.05, 3.63) is 52.6 Å². The zero-order valence-electron chi connectivity index (χ0n) is 15.5. The van der Waals surface area contributed by atoms with Crippen molar-refractivity contribution >= 4 is 11.8 Å². The van der Waals surface area contributed by atoms with Crippen molar-refractivity contribution in [3.8, 4) is 0 Å². The van der Waals surface area contributed by atoms with Crippen LogP contribution in [-0.4, -0.2) is 23.3 Å². The van der Waals surface area contributed by atoms with Crippen LogP contribution in [0, 0.1) is 0 Å². The fourth-order valence-corrected chi connectivity index (χ4v) is 3.69. The summed E-state index contributed by atoms with van der Waals surface area (Å²) in [4.78, 5) is 30.0. The maximum absolute atomic E-state index is 12.9. The summed E-state index contributed by atoms with van der Waals surface area (Å²) in [6, 6.07) is 5.60. The molecule has 5 nitrogen and oxygen atoms in total. The van der Waals surface area contributed by atoms with Crippen LogP contribution in [0.5, 0.6) is 0 Å². The van der Waals surface area contributed by atoms with Crippen LogP contribution in [0.15, 0.2) is 46.9 Å². The normalized spacial score (nSPS) is 19.9. The van der Waals surface area contributed by atoms with E-state index in [1.54, 1.807) is 6.20 Å². The number of Topliss-reactive ketones (excluding diaryl/α,β-unsaturated/α-hetero) is 1. The molecule has 0 aromatic carbocycles. The van der Waals surface area contributed by atoms with Gasteiger partial charge in [0.2, 0.25) is 0 Å². The van der Waals surface area contributed by atoms with E-state index in [-0.39, 0.29) is 11.8 Å². The number of carbonyl (C=O) groups excluding carboxylic acids is 2. The summed E-state index contributed by atoms with van der Waals surface area (Å²) in [6.07, 6.45) is 6.82. The number of ether oxygens (including phenoxy) is 1. The number of hydrogen-bond acceptors (Lipinski definition) is 5. The van der Waals surface area contributed by atoms with Crippen molar-refractivity contribution in [3.63, 3.8) is 0 Å². The third-order valence-electron chi connectivity index (χ3n) is 4.96. The smallest absolute Gasteiger partial charge is 0.336 e. The van der Waals surface area contributed by atoms with Crippen molar-refractivity contribution in [2.75, 3.05) is 6.61 Å². The average molecular weight is 354 g/mol. The minimum atomic E-state index is -0.445. The van der Waals surface area contributed by atoms with Gasteiger partial charge in [-0.1, -0.05) is 25.8 Å². The predicted octanol–water partition coefficient (Wildman–Crippen LogP) is 3.78. The highest BCUT2D eigenvalue weighted by Gasteiger charge is 2.39. The summed E-state index contributed by atoms with van der Waals surface area (Å²) >= 11 is 0. The molecular formula is C21H26N2O3. The second kappa shape index (κ2) is 8.30. The monoisotopic (exact) mass is 354 g/mol. The zero-order chi connectivity index (χ0) is 18.5. The molecule has 2 aliphatic rings. The molecule has 2 heterocycles. The van der Waals surface area contributed by atoms with Crippen molar-refractivity contribution in [2.45, 2.75) is 58.3 Å². The van der Waals surface area contributed by atoms with Crippen molar-refractivity contribution < 1.29 is 14.3 Å². The van der Waals surface area contributed by atoms with Crippen molar-refractivity contribution in [1.29, 1.82) is 0 Å². The highest BCUT2D eigenvalue weighted by atomic mass is 16.5. The second-order valence-corrected chi connectivity index (χ2v) is 6.86. The number of nitrogens with one attached hydrogen (secondary N) is 1. The summed E-state index contributed by atoms with van der Waals surface area (Å²) < 4.78 is 5.52. The van der Waals surface area contributed by atoms with Gasteiger partial charge in [-0.25, -0.2) is 4.79 Å². The van der Waals surface area contributed by atoms with E-state index in [0.29, 0.717) is 24.2 Å². The lowest BCUT2D eigenvalue weighted by atomic mass is 9.77. The van der Waals surface area contributed by atoms with Crippen LogP contribution in [-0.2, 0) is 14.3 Å². The number of unbranched alkanes of at least 4 members (excludes halogenated alkanes) is 2. The van der Waals surface area contributed by atoms with Gasteiger partial charge < -0.3 is 10.1 Å². The average Bonchev–Trinajstić information content (AvgIpc) is 2.65. The van der Waals surface area contributed by atoms with Crippen molar-refractivity contribution in [1.82, 2.24) is 10.3 Å². The molecule has 0 fully saturated rings. The molecule has 0 amide bonds. The Morgan fingerprint density at radius 3 is 2.88 bits per heavy atom. The maximum Gasteiger partial charge on any atom is 0.336 e. The topological polar surface area (TPSA) is 68.3 Å². The molecule has 1 N–H and O–H groups in total. The summed E-state index contributed by atoms with van der Waals surface area (Å²) in [5, 5.41) is 3.29. The Hall–Kier alpha value is -2.43. The lowest BCUT2D eigenvalue weighted by molar-refractivity contribution is -0.139. The van der Waals surface area contributed by atoms with Crippen LogP contribution in [0.25, 0.3) is 0 Å². The molecule has 0 spiro atoms. The van der Waals surface area contributed by atoms with E-state index in [2.05, 4.69) is 17.2 Å². The predicted molar refractivity (Wildman–Crippen MR) is 99.2 cm³/mol. The minimum Gasteiger partial charge on any atom is -0.462 e. The zero-order valence-corrected chi connectivity index (χ0v) is 15.5. The summed E-state index contributed by atoms with van der Waals surface area (Å²) in [6.45, 7) is 4.39. The van der Waals surface area contributed by atoms with Gasteiger partial charge in [-0.05, 0) is 38.3 Å². The Labute approximate surface area is 154 Å². The summed E-state index contributed by atoms with van der Waals surface area (Å²) in [5.74, 6) is -0.705. The van der Waals surface area contributed by atoms with E-state index in [9.17, 15) is 9.59 Å². The number of allylic oxidation sites excluding steroid dienone is 3. The number of aromatic nitrogens is 1. The molecule has 0 saturated carbocycles. The van der Waals surface area contributed by atoms with Gasteiger partial charge in [-0.2, -0.15) is 0 Å². The number of esters is 1. The maximum atomic E-state index is 12.9. The third-order valence-corrected chi connectivity index (χ3v) is 4.96. The SMILES string of the molecule is CCCCCOC(=O)C1=C(C)NC2=C(C(=O)CCC2)[C@@H]1c1ccccn1. The fourth-order valence-electron chi connectivity index (χ4n) is 3.69. The molecule has 138 valence electrons. The fraction of sp³-hybridized carbons (Fsp3) is 0.476. The Morgan fingerprint density at radius 2 is 2.15 bits per heavy atom. The molecule has 0 saturated heterocycles. The van der Waals surface area contributed by atoms with Gasteiger partial charge in [0.25, 0.3) is 0 Å². The summed E-state index contributed by atoms with van der Waals surface area (Å²) in [7, 11) is 0. The van der Waals surface area contributed by atoms with E-state index in [0.717, 1.165) is 49.2 Å². The Morgan fingerprint density at radius 1 is 1.31 bits per heavy atom. The molecule has 0 bridgehead atoms. The molecule has 1 aliphatic heterocycles. The van der Waals surface area contributed by atoms with Gasteiger partial charge in [0.15, 0.2) is 5.78 Å². The summed E-state index contributed by atoms with van der Waals surface area (Å²) in [5.41, 5.74) is 3.60. The quantitative estimate of drug-likeness (QED) is 0.622. The van der Waals surface area contributed by atoms with Gasteiger partial charge in [0.05, 0.1) is 23.8 Å². The van der Waals surface area contributed by atoms with Crippen LogP contribution in [0.4, 0.5) is 0 Å². The van der Waals surface area contributed by atoms with Gasteiger partial charge in [0, 0.05) is 29.6 Å². The van der Waals surface area contributed by atoms with E-state index in [4.69, 9.17) is 4.74 Å². The number of dihydropyridines is 1. The largest absolute Gasteiger partial charge is 0.462 e. The second-order valence-electron chi connectivity index (χ2n) is 6.86. The number of ketones is 1. The first-order chi connectivity index (χ1) is 12.6. The lowest BCUT2D eigenvalue weighted by Gasteiger charge is -2.33. The molecule has 0 unspecified atom stereocenters. The molecule has 1 aromatic heterocycles. The molecule has 5 heteroatoms. The number of carbonyl (C=O) groups is 2. The standard InChI is InChI=1S/C21H26N2O3/c1-3-4-7-13-26-21(25)18-14(2)23-16-10-8-11-17(24)19(16)20(18)15-9-5-6-12-22-15/h5-6,9,12,20,23H,3-4,7-8,10-11,13H2,1-2H3/t20-/m1/s1. The Bertz CT molecular complexity index is 750. The van der Waals surface area contributed by atoms with Crippen molar-refractivity contribution in [2.24, 2.45) is 0 Å². The van der Waals surface area contributed by atoms with E-state index < -0.39 is 5.92 Å². The highest BCUT2D eigenvalue weighted by molar-refractivity contribution is 6.03. The molecule has 26 heavy (non-hydrogen) atoms. The van der Waals surface area contributed by atoms with Crippen LogP contribution < -0.4 is 5.32 Å².